The van der Waals surface area contributed by atoms with Gasteiger partial charge in [0.25, 0.3) is 5.92 Å². The van der Waals surface area contributed by atoms with Gasteiger partial charge in [0, 0.05) is 29.4 Å². The van der Waals surface area contributed by atoms with Crippen LogP contribution in [0.3, 0.4) is 0 Å². The fourth-order valence-electron chi connectivity index (χ4n) is 4.28. The van der Waals surface area contributed by atoms with Crippen molar-refractivity contribution in [3.63, 3.8) is 0 Å². The summed E-state index contributed by atoms with van der Waals surface area (Å²) in [5.41, 5.74) is 7.01. The zero-order valence-corrected chi connectivity index (χ0v) is 17.9. The molecule has 1 aromatic heterocycles. The highest BCUT2D eigenvalue weighted by Crippen LogP contribution is 2.36. The summed E-state index contributed by atoms with van der Waals surface area (Å²) in [6.45, 7) is 4.45. The van der Waals surface area contributed by atoms with E-state index in [1.807, 2.05) is 15.8 Å². The van der Waals surface area contributed by atoms with Gasteiger partial charge in [-0.3, -0.25) is 4.68 Å². The van der Waals surface area contributed by atoms with E-state index in [0.29, 0.717) is 6.54 Å². The lowest BCUT2D eigenvalue weighted by Crippen LogP contribution is -2.35. The van der Waals surface area contributed by atoms with E-state index in [-0.39, 0.29) is 13.0 Å². The standard InChI is InChI=1S/C23H25BrF2N2/c1-3-6-18-13-21-20(19-8-4-7-17(14-24)16(19)2)9-5-10-22(21)28(18)27-12-11-23(25,26)15-27/h4-5,7-10,13H,3,6,11-12,14-15H2,1-2H3. The fraction of sp³-hybridized carbons (Fsp3) is 0.391. The van der Waals surface area contributed by atoms with Crippen molar-refractivity contribution in [2.75, 3.05) is 18.1 Å². The van der Waals surface area contributed by atoms with E-state index < -0.39 is 5.92 Å². The summed E-state index contributed by atoms with van der Waals surface area (Å²) in [6, 6.07) is 14.8. The van der Waals surface area contributed by atoms with Gasteiger partial charge in [-0.2, -0.15) is 0 Å². The average molecular weight is 447 g/mol. The van der Waals surface area contributed by atoms with Gasteiger partial charge in [-0.05, 0) is 47.7 Å². The van der Waals surface area contributed by atoms with E-state index in [1.54, 1.807) is 0 Å². The van der Waals surface area contributed by atoms with Crippen LogP contribution in [-0.4, -0.2) is 23.7 Å². The molecule has 0 bridgehead atoms. The quantitative estimate of drug-likeness (QED) is 0.409. The first-order valence-electron chi connectivity index (χ1n) is 9.86. The summed E-state index contributed by atoms with van der Waals surface area (Å²) in [7, 11) is 0. The molecule has 0 N–H and O–H groups in total. The molecule has 0 spiro atoms. The van der Waals surface area contributed by atoms with E-state index >= 15 is 0 Å². The van der Waals surface area contributed by atoms with Crippen LogP contribution in [0.15, 0.2) is 42.5 Å². The molecule has 0 unspecified atom stereocenters. The predicted octanol–water partition coefficient (Wildman–Crippen LogP) is 6.44. The molecular formula is C23H25BrF2N2. The molecule has 2 heterocycles. The van der Waals surface area contributed by atoms with Gasteiger partial charge in [-0.15, -0.1) is 0 Å². The van der Waals surface area contributed by atoms with Crippen LogP contribution in [-0.2, 0) is 11.8 Å². The summed E-state index contributed by atoms with van der Waals surface area (Å²) in [6.07, 6.45) is 1.77. The molecule has 0 radical (unpaired) electrons. The molecule has 0 saturated carbocycles. The molecule has 2 nitrogen and oxygen atoms in total. The van der Waals surface area contributed by atoms with Gasteiger partial charge in [-0.25, -0.2) is 8.78 Å². The smallest absolute Gasteiger partial charge is 0.268 e. The minimum atomic E-state index is -2.61. The lowest BCUT2D eigenvalue weighted by atomic mass is 9.95. The van der Waals surface area contributed by atoms with Crippen molar-refractivity contribution in [3.8, 4) is 11.1 Å². The molecule has 4 rings (SSSR count). The number of fused-ring (bicyclic) bond motifs is 1. The number of alkyl halides is 3. The van der Waals surface area contributed by atoms with Crippen LogP contribution in [0, 0.1) is 6.92 Å². The second kappa shape index (κ2) is 7.51. The highest BCUT2D eigenvalue weighted by atomic mass is 79.9. The average Bonchev–Trinajstić information content (AvgIpc) is 3.21. The number of rotatable bonds is 5. The first-order chi connectivity index (χ1) is 13.4. The van der Waals surface area contributed by atoms with Gasteiger partial charge < -0.3 is 5.01 Å². The molecule has 5 heteroatoms. The summed E-state index contributed by atoms with van der Waals surface area (Å²) >= 11 is 3.57. The number of halogens is 3. The van der Waals surface area contributed by atoms with Crippen LogP contribution in [0.4, 0.5) is 8.78 Å². The van der Waals surface area contributed by atoms with Gasteiger partial charge in [0.2, 0.25) is 0 Å². The van der Waals surface area contributed by atoms with Crippen molar-refractivity contribution in [2.45, 2.75) is 44.4 Å². The second-order valence-electron chi connectivity index (χ2n) is 7.65. The Morgan fingerprint density at radius 1 is 1.11 bits per heavy atom. The number of aromatic nitrogens is 1. The van der Waals surface area contributed by atoms with E-state index in [4.69, 9.17) is 0 Å². The van der Waals surface area contributed by atoms with Crippen molar-refractivity contribution in [3.05, 3.63) is 59.3 Å². The molecule has 0 atom stereocenters. The van der Waals surface area contributed by atoms with Crippen molar-refractivity contribution in [1.82, 2.24) is 4.68 Å². The molecule has 1 aliphatic heterocycles. The second-order valence-corrected chi connectivity index (χ2v) is 8.21. The monoisotopic (exact) mass is 446 g/mol. The summed E-state index contributed by atoms with van der Waals surface area (Å²) in [4.78, 5) is 0. The maximum Gasteiger partial charge on any atom is 0.268 e. The van der Waals surface area contributed by atoms with E-state index in [0.717, 1.165) is 34.8 Å². The number of benzene rings is 2. The summed E-state index contributed by atoms with van der Waals surface area (Å²) in [5.74, 6) is -2.61. The molecule has 3 aromatic rings. The molecule has 0 aliphatic carbocycles. The zero-order valence-electron chi connectivity index (χ0n) is 16.3. The van der Waals surface area contributed by atoms with Crippen molar-refractivity contribution in [1.29, 1.82) is 0 Å². The Morgan fingerprint density at radius 2 is 1.86 bits per heavy atom. The Bertz CT molecular complexity index is 1010. The Kier molecular flexibility index (Phi) is 5.21. The van der Waals surface area contributed by atoms with E-state index in [9.17, 15) is 8.78 Å². The van der Waals surface area contributed by atoms with Gasteiger partial charge in [0.1, 0.15) is 0 Å². The normalized spacial score (nSPS) is 16.2. The number of aryl methyl sites for hydroxylation is 1. The molecule has 1 saturated heterocycles. The lowest BCUT2D eigenvalue weighted by Gasteiger charge is -2.24. The first-order valence-corrected chi connectivity index (χ1v) is 11.0. The van der Waals surface area contributed by atoms with Gasteiger partial charge in [-0.1, -0.05) is 59.6 Å². The Balaban J connectivity index is 1.91. The van der Waals surface area contributed by atoms with Crippen LogP contribution in [0.25, 0.3) is 22.0 Å². The highest BCUT2D eigenvalue weighted by Gasteiger charge is 2.39. The van der Waals surface area contributed by atoms with Crippen molar-refractivity contribution < 1.29 is 8.78 Å². The minimum Gasteiger partial charge on any atom is -0.306 e. The number of nitrogens with zero attached hydrogens (tertiary/aromatic N) is 2. The predicted molar refractivity (Wildman–Crippen MR) is 116 cm³/mol. The van der Waals surface area contributed by atoms with E-state index in [2.05, 4.69) is 66.2 Å². The van der Waals surface area contributed by atoms with Crippen molar-refractivity contribution >= 4 is 26.8 Å². The Labute approximate surface area is 173 Å². The fourth-order valence-corrected chi connectivity index (χ4v) is 4.89. The van der Waals surface area contributed by atoms with E-state index in [1.165, 1.54) is 22.3 Å². The third-order valence-electron chi connectivity index (χ3n) is 5.71. The zero-order chi connectivity index (χ0) is 19.9. The van der Waals surface area contributed by atoms with Crippen LogP contribution in [0.1, 0.15) is 36.6 Å². The number of hydrogen-bond acceptors (Lipinski definition) is 1. The topological polar surface area (TPSA) is 8.17 Å². The molecule has 28 heavy (non-hydrogen) atoms. The third kappa shape index (κ3) is 3.34. The van der Waals surface area contributed by atoms with Crippen LogP contribution in [0.5, 0.6) is 0 Å². The van der Waals surface area contributed by atoms with Gasteiger partial charge >= 0.3 is 0 Å². The first kappa shape index (κ1) is 19.4. The molecular weight excluding hydrogens is 422 g/mol. The van der Waals surface area contributed by atoms with Crippen molar-refractivity contribution in [2.24, 2.45) is 0 Å². The Hall–Kier alpha value is -1.88. The Morgan fingerprint density at radius 3 is 2.54 bits per heavy atom. The molecule has 1 aliphatic rings. The van der Waals surface area contributed by atoms with Crippen LogP contribution in [0.2, 0.25) is 0 Å². The highest BCUT2D eigenvalue weighted by molar-refractivity contribution is 9.08. The maximum atomic E-state index is 13.9. The largest absolute Gasteiger partial charge is 0.306 e. The molecule has 1 fully saturated rings. The molecule has 0 amide bonds. The summed E-state index contributed by atoms with van der Waals surface area (Å²) < 4.78 is 29.9. The molecule has 148 valence electrons. The number of hydrogen-bond donors (Lipinski definition) is 0. The van der Waals surface area contributed by atoms with Gasteiger partial charge in [0.05, 0.1) is 12.1 Å². The SMILES string of the molecule is CCCc1cc2c(-c3cccc(CBr)c3C)cccc2n1N1CCC(F)(F)C1. The minimum absolute atomic E-state index is 0.0790. The van der Waals surface area contributed by atoms with Crippen LogP contribution >= 0.6 is 15.9 Å². The lowest BCUT2D eigenvalue weighted by molar-refractivity contribution is 0.0243. The summed E-state index contributed by atoms with van der Waals surface area (Å²) in [5, 5.41) is 3.77. The molecule has 2 aromatic carbocycles. The van der Waals surface area contributed by atoms with Crippen LogP contribution < -0.4 is 5.01 Å². The van der Waals surface area contributed by atoms with Gasteiger partial charge in [0.15, 0.2) is 0 Å². The maximum absolute atomic E-state index is 13.9. The third-order valence-corrected chi connectivity index (χ3v) is 6.32.